The molecule has 1 spiro atoms. The first-order chi connectivity index (χ1) is 16.0. The molecular weight excluding hydrogens is 418 g/mol. The first-order valence-corrected chi connectivity index (χ1v) is 11.3. The van der Waals surface area contributed by atoms with Crippen molar-refractivity contribution in [2.75, 3.05) is 0 Å². The third kappa shape index (κ3) is 4.11. The van der Waals surface area contributed by atoms with Gasteiger partial charge in [0.2, 0.25) is 5.88 Å². The minimum atomic E-state index is -0.972. The van der Waals surface area contributed by atoms with Gasteiger partial charge < -0.3 is 9.84 Å². The highest BCUT2D eigenvalue weighted by atomic mass is 16.5. The monoisotopic (exact) mass is 443 g/mol. The van der Waals surface area contributed by atoms with Crippen molar-refractivity contribution >= 4 is 28.2 Å². The van der Waals surface area contributed by atoms with Crippen LogP contribution in [0.25, 0.3) is 10.8 Å². The van der Waals surface area contributed by atoms with Crippen LogP contribution in [-0.4, -0.2) is 38.6 Å². The molecule has 0 saturated heterocycles. The number of carbonyl (C=O) groups is 2. The second kappa shape index (κ2) is 8.73. The van der Waals surface area contributed by atoms with Gasteiger partial charge in [-0.15, -0.1) is 0 Å². The van der Waals surface area contributed by atoms with Gasteiger partial charge in [0.15, 0.2) is 6.04 Å². The van der Waals surface area contributed by atoms with Gasteiger partial charge in [-0.3, -0.25) is 14.8 Å². The molecule has 2 heterocycles. The number of nitrogens with zero attached hydrogens (tertiary/aromatic N) is 3. The molecular formula is C26H25N3O4. The molecule has 5 rings (SSSR count). The lowest BCUT2D eigenvalue weighted by Crippen LogP contribution is -2.52. The van der Waals surface area contributed by atoms with E-state index in [0.717, 1.165) is 54.2 Å². The number of ketones is 1. The Labute approximate surface area is 191 Å². The highest BCUT2D eigenvalue weighted by Crippen LogP contribution is 2.47. The molecule has 2 aliphatic rings. The van der Waals surface area contributed by atoms with Crippen LogP contribution in [0.2, 0.25) is 0 Å². The Hall–Kier alpha value is -3.61. The van der Waals surface area contributed by atoms with E-state index >= 15 is 0 Å². The number of rotatable bonds is 6. The third-order valence-corrected chi connectivity index (χ3v) is 6.82. The molecule has 168 valence electrons. The highest BCUT2D eigenvalue weighted by Gasteiger charge is 2.52. The summed E-state index contributed by atoms with van der Waals surface area (Å²) in [6.07, 6.45) is 10.4. The zero-order valence-electron chi connectivity index (χ0n) is 18.2. The molecule has 0 unspecified atom stereocenters. The fourth-order valence-corrected chi connectivity index (χ4v) is 4.91. The standard InChI is InChI=1S/C26H25N3O4/c30-23-15-22(26(23)10-2-1-3-11-26)29-21(25(31)32)14-17-4-6-19(7-5-17)33-24-20-16-27-12-8-18(20)9-13-28-24/h4-9,12-13,16,21H,1-3,10-11,14-15H2,(H,31,32)/t21-/m0/s1. The summed E-state index contributed by atoms with van der Waals surface area (Å²) in [7, 11) is 0. The van der Waals surface area contributed by atoms with Crippen molar-refractivity contribution in [2.24, 2.45) is 10.4 Å². The first-order valence-electron chi connectivity index (χ1n) is 11.3. The van der Waals surface area contributed by atoms with Crippen LogP contribution in [0.15, 0.2) is 60.0 Å². The predicted molar refractivity (Wildman–Crippen MR) is 124 cm³/mol. The van der Waals surface area contributed by atoms with Gasteiger partial charge >= 0.3 is 5.97 Å². The summed E-state index contributed by atoms with van der Waals surface area (Å²) in [4.78, 5) is 37.3. The van der Waals surface area contributed by atoms with Gasteiger partial charge in [0.1, 0.15) is 11.5 Å². The molecule has 2 saturated carbocycles. The van der Waals surface area contributed by atoms with Gasteiger partial charge in [-0.05, 0) is 48.1 Å². The number of pyridine rings is 2. The number of aliphatic imine (C=N–C) groups is 1. The molecule has 33 heavy (non-hydrogen) atoms. The van der Waals surface area contributed by atoms with Gasteiger partial charge in [0, 0.05) is 37.1 Å². The molecule has 2 aromatic heterocycles. The summed E-state index contributed by atoms with van der Waals surface area (Å²) in [5, 5.41) is 11.6. The average Bonchev–Trinajstić information content (AvgIpc) is 2.85. The molecule has 7 nitrogen and oxygen atoms in total. The number of ether oxygens (including phenoxy) is 1. The second-order valence-corrected chi connectivity index (χ2v) is 8.84. The Morgan fingerprint density at radius 2 is 1.85 bits per heavy atom. The minimum absolute atomic E-state index is 0.226. The van der Waals surface area contributed by atoms with Crippen molar-refractivity contribution in [3.8, 4) is 11.6 Å². The largest absolute Gasteiger partial charge is 0.480 e. The summed E-state index contributed by atoms with van der Waals surface area (Å²) in [6, 6.07) is 10.2. The summed E-state index contributed by atoms with van der Waals surface area (Å²) in [6.45, 7) is 0. The maximum Gasteiger partial charge on any atom is 0.328 e. The summed E-state index contributed by atoms with van der Waals surface area (Å²) >= 11 is 0. The Bertz CT molecular complexity index is 1220. The quantitative estimate of drug-likeness (QED) is 0.588. The Kier molecular flexibility index (Phi) is 5.62. The van der Waals surface area contributed by atoms with Crippen LogP contribution >= 0.6 is 0 Å². The number of hydrogen-bond acceptors (Lipinski definition) is 6. The number of benzene rings is 1. The van der Waals surface area contributed by atoms with Crippen molar-refractivity contribution in [2.45, 2.75) is 51.0 Å². The predicted octanol–water partition coefficient (Wildman–Crippen LogP) is 4.78. The molecule has 7 heteroatoms. The molecule has 2 aliphatic carbocycles. The topological polar surface area (TPSA) is 102 Å². The first kappa shape index (κ1) is 21.2. The van der Waals surface area contributed by atoms with Crippen LogP contribution in [0, 0.1) is 5.41 Å². The third-order valence-electron chi connectivity index (χ3n) is 6.82. The summed E-state index contributed by atoms with van der Waals surface area (Å²) in [5.41, 5.74) is 1.15. The molecule has 0 aliphatic heterocycles. The number of Topliss-reactive ketones (excluding diaryl/α,β-unsaturated/α-hetero) is 1. The zero-order chi connectivity index (χ0) is 22.8. The number of fused-ring (bicyclic) bond motifs is 1. The van der Waals surface area contributed by atoms with E-state index in [1.807, 2.05) is 24.3 Å². The van der Waals surface area contributed by atoms with E-state index in [1.165, 1.54) is 0 Å². The molecule has 1 atom stereocenters. The molecule has 0 radical (unpaired) electrons. The number of aliphatic carboxylic acids is 1. The molecule has 2 fully saturated rings. The number of carboxylic acid groups (broad SMARTS) is 1. The smallest absolute Gasteiger partial charge is 0.328 e. The van der Waals surface area contributed by atoms with Crippen molar-refractivity contribution < 1.29 is 19.4 Å². The summed E-state index contributed by atoms with van der Waals surface area (Å²) in [5.74, 6) is 0.326. The number of aromatic nitrogens is 2. The van der Waals surface area contributed by atoms with Crippen LogP contribution in [0.4, 0.5) is 0 Å². The van der Waals surface area contributed by atoms with Crippen LogP contribution in [0.5, 0.6) is 11.6 Å². The molecule has 0 bridgehead atoms. The van der Waals surface area contributed by atoms with E-state index in [2.05, 4.69) is 15.0 Å². The molecule has 1 N–H and O–H groups in total. The molecule has 0 amide bonds. The van der Waals surface area contributed by atoms with E-state index in [9.17, 15) is 14.7 Å². The van der Waals surface area contributed by atoms with Gasteiger partial charge in [0.25, 0.3) is 0 Å². The van der Waals surface area contributed by atoms with Crippen molar-refractivity contribution in [3.63, 3.8) is 0 Å². The van der Waals surface area contributed by atoms with Gasteiger partial charge in [-0.25, -0.2) is 9.78 Å². The maximum atomic E-state index is 12.3. The average molecular weight is 444 g/mol. The van der Waals surface area contributed by atoms with Crippen LogP contribution in [0.3, 0.4) is 0 Å². The lowest BCUT2D eigenvalue weighted by atomic mass is 9.58. The highest BCUT2D eigenvalue weighted by molar-refractivity contribution is 6.27. The summed E-state index contributed by atoms with van der Waals surface area (Å²) < 4.78 is 5.94. The number of carboxylic acids is 1. The number of carbonyl (C=O) groups excluding carboxylic acids is 1. The molecule has 3 aromatic rings. The van der Waals surface area contributed by atoms with Crippen molar-refractivity contribution in [3.05, 3.63) is 60.6 Å². The van der Waals surface area contributed by atoms with E-state index in [0.29, 0.717) is 18.1 Å². The van der Waals surface area contributed by atoms with Crippen LogP contribution in [-0.2, 0) is 16.0 Å². The SMILES string of the molecule is O=C(O)[C@H](Cc1ccc(Oc2nccc3ccncc23)cc1)N=C1CC(=O)C12CCCCC2. The van der Waals surface area contributed by atoms with Gasteiger partial charge in [-0.2, -0.15) is 0 Å². The Morgan fingerprint density at radius 3 is 2.58 bits per heavy atom. The van der Waals surface area contributed by atoms with E-state index in [4.69, 9.17) is 4.74 Å². The normalized spacial score (nSPS) is 19.4. The van der Waals surface area contributed by atoms with Gasteiger partial charge in [0.05, 0.1) is 10.8 Å². The zero-order valence-corrected chi connectivity index (χ0v) is 18.2. The lowest BCUT2D eigenvalue weighted by molar-refractivity contribution is -0.138. The van der Waals surface area contributed by atoms with E-state index < -0.39 is 17.4 Å². The molecule has 1 aromatic carbocycles. The maximum absolute atomic E-state index is 12.3. The van der Waals surface area contributed by atoms with Crippen molar-refractivity contribution in [1.82, 2.24) is 9.97 Å². The van der Waals surface area contributed by atoms with Crippen LogP contribution < -0.4 is 4.74 Å². The van der Waals surface area contributed by atoms with Crippen LogP contribution in [0.1, 0.15) is 44.1 Å². The fourth-order valence-electron chi connectivity index (χ4n) is 4.91. The number of hydrogen-bond donors (Lipinski definition) is 1. The fraction of sp³-hybridized carbons (Fsp3) is 0.346. The van der Waals surface area contributed by atoms with Gasteiger partial charge in [-0.1, -0.05) is 31.4 Å². The van der Waals surface area contributed by atoms with Crippen molar-refractivity contribution in [1.29, 1.82) is 0 Å². The second-order valence-electron chi connectivity index (χ2n) is 8.84. The van der Waals surface area contributed by atoms with E-state index in [-0.39, 0.29) is 12.2 Å². The van der Waals surface area contributed by atoms with E-state index in [1.54, 1.807) is 30.7 Å². The minimum Gasteiger partial charge on any atom is -0.480 e. The Morgan fingerprint density at radius 1 is 1.09 bits per heavy atom. The Balaban J connectivity index is 1.31. The lowest BCUT2D eigenvalue weighted by Gasteiger charge is -2.44.